The second-order valence-electron chi connectivity index (χ2n) is 3.58. The highest BCUT2D eigenvalue weighted by Crippen LogP contribution is 2.25. The second kappa shape index (κ2) is 3.75. The molecule has 0 bridgehead atoms. The first kappa shape index (κ1) is 10.7. The van der Waals surface area contributed by atoms with Gasteiger partial charge in [-0.15, -0.1) is 6.58 Å². The Morgan fingerprint density at radius 3 is 2.54 bits per heavy atom. The molecule has 0 radical (unpaired) electrons. The highest BCUT2D eigenvalue weighted by Gasteiger charge is 2.38. The number of aliphatic hydroxyl groups excluding tert-OH is 2. The van der Waals surface area contributed by atoms with Crippen LogP contribution in [0.3, 0.4) is 0 Å². The van der Waals surface area contributed by atoms with Crippen LogP contribution in [0, 0.1) is 0 Å². The maximum Gasteiger partial charge on any atom is 0.163 e. The van der Waals surface area contributed by atoms with Crippen LogP contribution >= 0.6 is 0 Å². The van der Waals surface area contributed by atoms with Crippen molar-refractivity contribution >= 4 is 0 Å². The second-order valence-corrected chi connectivity index (χ2v) is 3.58. The molecule has 1 saturated heterocycles. The minimum absolute atomic E-state index is 0.291. The molecular weight excluding hydrogens is 172 g/mol. The molecule has 0 aromatic carbocycles. The summed E-state index contributed by atoms with van der Waals surface area (Å²) >= 11 is 0. The van der Waals surface area contributed by atoms with Gasteiger partial charge >= 0.3 is 0 Å². The first-order valence-electron chi connectivity index (χ1n) is 4.27. The fraction of sp³-hybridized carbons (Fsp3) is 0.778. The molecule has 1 rings (SSSR count). The number of hydrogen-bond donors (Lipinski definition) is 2. The van der Waals surface area contributed by atoms with Crippen molar-refractivity contribution in [2.24, 2.45) is 0 Å². The third-order valence-electron chi connectivity index (χ3n) is 2.00. The minimum Gasteiger partial charge on any atom is -0.387 e. The average molecular weight is 188 g/mol. The lowest BCUT2D eigenvalue weighted by Crippen LogP contribution is -2.38. The van der Waals surface area contributed by atoms with Gasteiger partial charge in [-0.25, -0.2) is 0 Å². The molecule has 0 amide bonds. The normalized spacial score (nSPS) is 31.2. The fourth-order valence-corrected chi connectivity index (χ4v) is 1.24. The van der Waals surface area contributed by atoms with Gasteiger partial charge in [0.15, 0.2) is 5.79 Å². The van der Waals surface area contributed by atoms with Crippen molar-refractivity contribution in [1.82, 2.24) is 0 Å². The van der Waals surface area contributed by atoms with Gasteiger partial charge in [0.05, 0.1) is 6.61 Å². The molecule has 0 aliphatic carbocycles. The summed E-state index contributed by atoms with van der Waals surface area (Å²) in [7, 11) is 0. The van der Waals surface area contributed by atoms with Crippen molar-refractivity contribution < 1.29 is 19.7 Å². The standard InChI is InChI=1S/C9H16O4/c1-4-6(10)8(11)7-5-12-9(2,3)13-7/h4,6-8,10-11H,1,5H2,2-3H3/t6-,7+,8+/m0/s1. The molecule has 4 heteroatoms. The van der Waals surface area contributed by atoms with Gasteiger partial charge in [-0.2, -0.15) is 0 Å². The summed E-state index contributed by atoms with van der Waals surface area (Å²) in [6.45, 7) is 7.20. The van der Waals surface area contributed by atoms with E-state index in [1.807, 2.05) is 0 Å². The van der Waals surface area contributed by atoms with Crippen LogP contribution in [-0.4, -0.2) is 40.9 Å². The summed E-state index contributed by atoms with van der Waals surface area (Å²) in [6.07, 6.45) is -1.15. The average Bonchev–Trinajstić information content (AvgIpc) is 2.43. The Bertz CT molecular complexity index is 190. The smallest absolute Gasteiger partial charge is 0.163 e. The van der Waals surface area contributed by atoms with Crippen LogP contribution in [0.4, 0.5) is 0 Å². The van der Waals surface area contributed by atoms with Gasteiger partial charge in [0.1, 0.15) is 18.3 Å². The highest BCUT2D eigenvalue weighted by atomic mass is 16.7. The summed E-state index contributed by atoms with van der Waals surface area (Å²) < 4.78 is 10.6. The Hall–Kier alpha value is -0.420. The maximum absolute atomic E-state index is 9.52. The number of ether oxygens (including phenoxy) is 2. The van der Waals surface area contributed by atoms with Crippen LogP contribution in [0.15, 0.2) is 12.7 Å². The first-order valence-corrected chi connectivity index (χ1v) is 4.27. The molecule has 3 atom stereocenters. The molecule has 1 aliphatic heterocycles. The van der Waals surface area contributed by atoms with Gasteiger partial charge in [-0.1, -0.05) is 6.08 Å². The van der Waals surface area contributed by atoms with E-state index in [1.165, 1.54) is 6.08 Å². The molecule has 0 aromatic rings. The molecule has 13 heavy (non-hydrogen) atoms. The van der Waals surface area contributed by atoms with Crippen molar-refractivity contribution in [3.05, 3.63) is 12.7 Å². The Morgan fingerprint density at radius 2 is 2.15 bits per heavy atom. The van der Waals surface area contributed by atoms with Crippen LogP contribution < -0.4 is 0 Å². The van der Waals surface area contributed by atoms with Crippen molar-refractivity contribution in [2.75, 3.05) is 6.61 Å². The van der Waals surface area contributed by atoms with E-state index in [2.05, 4.69) is 6.58 Å². The third kappa shape index (κ3) is 2.51. The minimum atomic E-state index is -0.973. The number of rotatable bonds is 3. The largest absolute Gasteiger partial charge is 0.387 e. The van der Waals surface area contributed by atoms with E-state index >= 15 is 0 Å². The summed E-state index contributed by atoms with van der Waals surface area (Å²) in [5.41, 5.74) is 0. The van der Waals surface area contributed by atoms with Crippen molar-refractivity contribution in [1.29, 1.82) is 0 Å². The van der Waals surface area contributed by atoms with E-state index in [9.17, 15) is 10.2 Å². The zero-order chi connectivity index (χ0) is 10.1. The predicted octanol–water partition coefficient (Wildman–Crippen LogP) is 0.0457. The molecule has 4 nitrogen and oxygen atoms in total. The van der Waals surface area contributed by atoms with Crippen LogP contribution in [0.5, 0.6) is 0 Å². The molecule has 1 heterocycles. The molecule has 1 aliphatic rings. The van der Waals surface area contributed by atoms with E-state index in [0.29, 0.717) is 6.61 Å². The maximum atomic E-state index is 9.52. The van der Waals surface area contributed by atoms with Gasteiger partial charge in [0.25, 0.3) is 0 Å². The Balaban J connectivity index is 2.51. The van der Waals surface area contributed by atoms with Gasteiger partial charge in [-0.3, -0.25) is 0 Å². The highest BCUT2D eigenvalue weighted by molar-refractivity contribution is 4.90. The van der Waals surface area contributed by atoms with Crippen LogP contribution in [-0.2, 0) is 9.47 Å². The van der Waals surface area contributed by atoms with E-state index in [-0.39, 0.29) is 0 Å². The molecule has 1 fully saturated rings. The van der Waals surface area contributed by atoms with E-state index in [4.69, 9.17) is 9.47 Å². The molecule has 0 unspecified atom stereocenters. The molecule has 76 valence electrons. The summed E-state index contributed by atoms with van der Waals surface area (Å²) in [4.78, 5) is 0. The van der Waals surface area contributed by atoms with Crippen LogP contribution in [0.2, 0.25) is 0 Å². The van der Waals surface area contributed by atoms with Gasteiger partial charge in [0, 0.05) is 0 Å². The molecule has 0 saturated carbocycles. The SMILES string of the molecule is C=C[C@H](O)[C@@H](O)[C@H]1COC(C)(C)O1. The van der Waals surface area contributed by atoms with Crippen molar-refractivity contribution in [3.8, 4) is 0 Å². The number of hydrogen-bond acceptors (Lipinski definition) is 4. The lowest BCUT2D eigenvalue weighted by Gasteiger charge is -2.22. The zero-order valence-corrected chi connectivity index (χ0v) is 7.93. The van der Waals surface area contributed by atoms with Gasteiger partial charge in [-0.05, 0) is 13.8 Å². The number of aliphatic hydroxyl groups is 2. The molecule has 0 spiro atoms. The van der Waals surface area contributed by atoms with Crippen LogP contribution in [0.1, 0.15) is 13.8 Å². The quantitative estimate of drug-likeness (QED) is 0.614. The summed E-state index contributed by atoms with van der Waals surface area (Å²) in [5, 5.41) is 18.8. The van der Waals surface area contributed by atoms with E-state index < -0.39 is 24.1 Å². The van der Waals surface area contributed by atoms with Crippen molar-refractivity contribution in [3.63, 3.8) is 0 Å². The predicted molar refractivity (Wildman–Crippen MR) is 47.1 cm³/mol. The molecular formula is C9H16O4. The summed E-state index contributed by atoms with van der Waals surface area (Å²) in [6, 6.07) is 0. The zero-order valence-electron chi connectivity index (χ0n) is 7.93. The third-order valence-corrected chi connectivity index (χ3v) is 2.00. The lowest BCUT2D eigenvalue weighted by molar-refractivity contribution is -0.157. The van der Waals surface area contributed by atoms with E-state index in [0.717, 1.165) is 0 Å². The first-order chi connectivity index (χ1) is 5.96. The van der Waals surface area contributed by atoms with Crippen LogP contribution in [0.25, 0.3) is 0 Å². The topological polar surface area (TPSA) is 58.9 Å². The van der Waals surface area contributed by atoms with E-state index in [1.54, 1.807) is 13.8 Å². The van der Waals surface area contributed by atoms with Gasteiger partial charge in [0.2, 0.25) is 0 Å². The van der Waals surface area contributed by atoms with Crippen molar-refractivity contribution in [2.45, 2.75) is 37.9 Å². The summed E-state index contributed by atoms with van der Waals surface area (Å²) in [5.74, 6) is -0.674. The monoisotopic (exact) mass is 188 g/mol. The van der Waals surface area contributed by atoms with Gasteiger partial charge < -0.3 is 19.7 Å². The Morgan fingerprint density at radius 1 is 1.54 bits per heavy atom. The Labute approximate surface area is 77.8 Å². The molecule has 0 aromatic heterocycles. The molecule has 2 N–H and O–H groups in total. The Kier molecular flexibility index (Phi) is 3.08. The fourth-order valence-electron chi connectivity index (χ4n) is 1.24. The lowest BCUT2D eigenvalue weighted by atomic mass is 10.1.